The molecule has 4 rings (SSSR count). The van der Waals surface area contributed by atoms with Crippen LogP contribution in [-0.2, 0) is 6.42 Å². The smallest absolute Gasteiger partial charge is 0.335 e. The van der Waals surface area contributed by atoms with E-state index in [1.165, 1.54) is 5.56 Å². The molecule has 3 aromatic rings. The van der Waals surface area contributed by atoms with E-state index >= 15 is 0 Å². The summed E-state index contributed by atoms with van der Waals surface area (Å²) in [4.78, 5) is 16.7. The quantitative estimate of drug-likeness (QED) is 0.594. The van der Waals surface area contributed by atoms with Crippen LogP contribution in [0.5, 0.6) is 0 Å². The number of hydrogen-bond donors (Lipinski definition) is 2. The number of fused-ring (bicyclic) bond motifs is 1. The van der Waals surface area contributed by atoms with E-state index in [1.54, 1.807) is 12.1 Å². The van der Waals surface area contributed by atoms with Crippen LogP contribution in [0.4, 0.5) is 0 Å². The van der Waals surface area contributed by atoms with Crippen molar-refractivity contribution in [2.75, 3.05) is 20.1 Å². The van der Waals surface area contributed by atoms with Gasteiger partial charge in [0.2, 0.25) is 0 Å². The third-order valence-corrected chi connectivity index (χ3v) is 6.50. The highest BCUT2D eigenvalue weighted by atomic mass is 35.5. The monoisotopic (exact) mass is 416 g/mol. The Labute approximate surface area is 174 Å². The number of carboxylic acids is 1. The molecule has 6 heteroatoms. The lowest BCUT2D eigenvalue weighted by Gasteiger charge is -2.37. The average Bonchev–Trinajstić information content (AvgIpc) is 3.16. The van der Waals surface area contributed by atoms with Crippen LogP contribution in [0.3, 0.4) is 0 Å². The summed E-state index contributed by atoms with van der Waals surface area (Å²) in [5.74, 6) is -0.155. The molecule has 1 aliphatic rings. The van der Waals surface area contributed by atoms with Gasteiger partial charge >= 0.3 is 5.97 Å². The van der Waals surface area contributed by atoms with Gasteiger partial charge < -0.3 is 15.0 Å². The molecule has 28 heavy (non-hydrogen) atoms. The number of H-pyrrole nitrogens is 1. The molecule has 1 aromatic heterocycles. The summed E-state index contributed by atoms with van der Waals surface area (Å²) in [5, 5.41) is 11.6. The van der Waals surface area contributed by atoms with Crippen molar-refractivity contribution in [3.05, 3.63) is 69.3 Å². The van der Waals surface area contributed by atoms with Gasteiger partial charge in [-0.3, -0.25) is 0 Å². The molecule has 1 fully saturated rings. The number of aromatic amines is 1. The van der Waals surface area contributed by atoms with Gasteiger partial charge in [-0.2, -0.15) is 0 Å². The number of nitrogens with zero attached hydrogens (tertiary/aromatic N) is 1. The molecule has 0 aliphatic carbocycles. The first-order valence-corrected chi connectivity index (χ1v) is 10.2. The normalized spacial score (nSPS) is 20.5. The molecule has 2 N–H and O–H groups in total. The minimum absolute atomic E-state index is 0.319. The van der Waals surface area contributed by atoms with Crippen LogP contribution < -0.4 is 0 Å². The number of nitrogens with one attached hydrogen (secondary N) is 1. The second-order valence-electron chi connectivity index (χ2n) is 7.63. The third-order valence-electron chi connectivity index (χ3n) is 5.86. The van der Waals surface area contributed by atoms with E-state index in [9.17, 15) is 9.90 Å². The minimum Gasteiger partial charge on any atom is -0.478 e. The van der Waals surface area contributed by atoms with Crippen LogP contribution in [0.1, 0.15) is 33.8 Å². The van der Waals surface area contributed by atoms with Crippen LogP contribution >= 0.6 is 23.2 Å². The van der Waals surface area contributed by atoms with Crippen molar-refractivity contribution in [2.45, 2.75) is 18.8 Å². The topological polar surface area (TPSA) is 56.3 Å². The van der Waals surface area contributed by atoms with Crippen LogP contribution in [0.2, 0.25) is 10.0 Å². The Hall–Kier alpha value is -2.01. The maximum Gasteiger partial charge on any atom is 0.335 e. The number of benzene rings is 2. The largest absolute Gasteiger partial charge is 0.478 e. The minimum atomic E-state index is -0.897. The molecule has 0 radical (unpaired) electrons. The van der Waals surface area contributed by atoms with E-state index in [0.29, 0.717) is 27.4 Å². The highest BCUT2D eigenvalue weighted by Crippen LogP contribution is 2.39. The van der Waals surface area contributed by atoms with Gasteiger partial charge in [0.15, 0.2) is 0 Å². The molecular formula is C22H22Cl2N2O2. The Bertz CT molecular complexity index is 1010. The number of hydrogen-bond acceptors (Lipinski definition) is 2. The first-order chi connectivity index (χ1) is 13.4. The number of likely N-dealkylation sites (tertiary alicyclic amines) is 1. The average molecular weight is 417 g/mol. The van der Waals surface area contributed by atoms with Crippen LogP contribution in [0.15, 0.2) is 42.6 Å². The number of piperidine rings is 1. The summed E-state index contributed by atoms with van der Waals surface area (Å²) < 4.78 is 0. The molecule has 1 aliphatic heterocycles. The lowest BCUT2D eigenvalue weighted by atomic mass is 9.77. The molecule has 0 amide bonds. The zero-order valence-electron chi connectivity index (χ0n) is 15.6. The predicted molar refractivity (Wildman–Crippen MR) is 114 cm³/mol. The molecule has 4 nitrogen and oxygen atoms in total. The Morgan fingerprint density at radius 3 is 2.68 bits per heavy atom. The van der Waals surface area contributed by atoms with E-state index in [0.717, 1.165) is 42.4 Å². The molecule has 2 atom stereocenters. The highest BCUT2D eigenvalue weighted by Gasteiger charge is 2.30. The second kappa shape index (κ2) is 7.78. The number of aromatic carboxylic acids is 1. The van der Waals surface area contributed by atoms with Crippen molar-refractivity contribution in [3.63, 3.8) is 0 Å². The van der Waals surface area contributed by atoms with Crippen molar-refractivity contribution >= 4 is 40.1 Å². The Morgan fingerprint density at radius 1 is 1.21 bits per heavy atom. The van der Waals surface area contributed by atoms with Gasteiger partial charge in [0.1, 0.15) is 0 Å². The van der Waals surface area contributed by atoms with Crippen molar-refractivity contribution in [1.29, 1.82) is 0 Å². The molecule has 0 bridgehead atoms. The summed E-state index contributed by atoms with van der Waals surface area (Å²) in [6, 6.07) is 11.2. The highest BCUT2D eigenvalue weighted by molar-refractivity contribution is 6.39. The van der Waals surface area contributed by atoms with Crippen molar-refractivity contribution in [2.24, 2.45) is 5.92 Å². The number of aromatic nitrogens is 1. The first kappa shape index (κ1) is 19.3. The van der Waals surface area contributed by atoms with Gasteiger partial charge in [0.05, 0.1) is 16.1 Å². The number of carboxylic acid groups (broad SMARTS) is 1. The fourth-order valence-electron chi connectivity index (χ4n) is 4.35. The van der Waals surface area contributed by atoms with E-state index in [-0.39, 0.29) is 0 Å². The van der Waals surface area contributed by atoms with Crippen LogP contribution in [0.25, 0.3) is 10.9 Å². The van der Waals surface area contributed by atoms with Crippen LogP contribution in [0, 0.1) is 5.92 Å². The summed E-state index contributed by atoms with van der Waals surface area (Å²) in [6.45, 7) is 1.98. The Balaban J connectivity index is 1.67. The van der Waals surface area contributed by atoms with Gasteiger partial charge in [0, 0.05) is 23.2 Å². The SMILES string of the molecule is CN1CC[C@@H](Cc2c(Cl)cc(Cl)c3[nH]ccc23)[C@H](c2ccc(C(=O)O)cc2)C1. The van der Waals surface area contributed by atoms with E-state index in [2.05, 4.69) is 16.9 Å². The number of rotatable bonds is 4. The molecule has 0 spiro atoms. The van der Waals surface area contributed by atoms with Gasteiger partial charge in [-0.1, -0.05) is 35.3 Å². The Kier molecular flexibility index (Phi) is 5.37. The maximum absolute atomic E-state index is 11.2. The first-order valence-electron chi connectivity index (χ1n) is 9.40. The second-order valence-corrected chi connectivity index (χ2v) is 8.45. The van der Waals surface area contributed by atoms with E-state index in [1.807, 2.05) is 30.5 Å². The van der Waals surface area contributed by atoms with Gasteiger partial charge in [0.25, 0.3) is 0 Å². The zero-order chi connectivity index (χ0) is 19.8. The summed E-state index contributed by atoms with van der Waals surface area (Å²) >= 11 is 12.9. The molecule has 146 valence electrons. The van der Waals surface area contributed by atoms with Gasteiger partial charge in [-0.05, 0) is 73.7 Å². The molecular weight excluding hydrogens is 395 g/mol. The van der Waals surface area contributed by atoms with Gasteiger partial charge in [-0.25, -0.2) is 4.79 Å². The van der Waals surface area contributed by atoms with Crippen molar-refractivity contribution < 1.29 is 9.90 Å². The number of likely N-dealkylation sites (N-methyl/N-ethyl adjacent to an activating group) is 1. The lowest BCUT2D eigenvalue weighted by molar-refractivity contribution is 0.0697. The molecule has 1 saturated heterocycles. The molecule has 0 unspecified atom stereocenters. The fraction of sp³-hybridized carbons (Fsp3) is 0.318. The maximum atomic E-state index is 11.2. The third kappa shape index (κ3) is 3.64. The van der Waals surface area contributed by atoms with E-state index in [4.69, 9.17) is 23.2 Å². The zero-order valence-corrected chi connectivity index (χ0v) is 17.1. The summed E-state index contributed by atoms with van der Waals surface area (Å²) in [5.41, 5.74) is 3.55. The lowest BCUT2D eigenvalue weighted by Crippen LogP contribution is -2.37. The molecule has 2 aromatic carbocycles. The Morgan fingerprint density at radius 2 is 1.96 bits per heavy atom. The molecule has 0 saturated carbocycles. The molecule has 2 heterocycles. The van der Waals surface area contributed by atoms with Crippen LogP contribution in [-0.4, -0.2) is 41.1 Å². The van der Waals surface area contributed by atoms with E-state index < -0.39 is 5.97 Å². The predicted octanol–water partition coefficient (Wildman–Crippen LogP) is 5.45. The van der Waals surface area contributed by atoms with Gasteiger partial charge in [-0.15, -0.1) is 0 Å². The van der Waals surface area contributed by atoms with Crippen molar-refractivity contribution in [3.8, 4) is 0 Å². The standard InChI is InChI=1S/C22H22Cl2N2O2/c1-26-9-7-15(18(12-26)13-2-4-14(5-3-13)22(27)28)10-17-16-6-8-25-21(16)20(24)11-19(17)23/h2-6,8,11,15,18,25H,7,9-10,12H2,1H3,(H,27,28)/t15-,18-/m0/s1. The summed E-state index contributed by atoms with van der Waals surface area (Å²) in [6.07, 6.45) is 3.82. The number of carbonyl (C=O) groups is 1. The number of halogens is 2. The fourth-order valence-corrected chi connectivity index (χ4v) is 4.96. The summed E-state index contributed by atoms with van der Waals surface area (Å²) in [7, 11) is 2.13. The van der Waals surface area contributed by atoms with Crippen molar-refractivity contribution in [1.82, 2.24) is 9.88 Å².